The smallest absolute Gasteiger partial charge is 0.357 e. The van der Waals surface area contributed by atoms with Gasteiger partial charge in [-0.2, -0.15) is 0 Å². The van der Waals surface area contributed by atoms with Crippen LogP contribution in [-0.4, -0.2) is 29.4 Å². The third-order valence-corrected chi connectivity index (χ3v) is 4.41. The monoisotopic (exact) mass is 390 g/mol. The van der Waals surface area contributed by atoms with E-state index >= 15 is 0 Å². The molecule has 2 amide bonds. The van der Waals surface area contributed by atoms with Gasteiger partial charge in [0.2, 0.25) is 0 Å². The lowest BCUT2D eigenvalue weighted by Crippen LogP contribution is -2.34. The molecule has 1 aromatic heterocycles. The van der Waals surface area contributed by atoms with E-state index in [9.17, 15) is 14.4 Å². The molecule has 0 saturated heterocycles. The van der Waals surface area contributed by atoms with Crippen molar-refractivity contribution in [3.63, 3.8) is 0 Å². The van der Waals surface area contributed by atoms with Crippen LogP contribution in [0.5, 0.6) is 0 Å². The highest BCUT2D eigenvalue weighted by Crippen LogP contribution is 2.22. The number of benzene rings is 2. The van der Waals surface area contributed by atoms with Gasteiger partial charge in [0, 0.05) is 10.9 Å². The van der Waals surface area contributed by atoms with E-state index in [0.29, 0.717) is 11.1 Å². The largest absolute Gasteiger partial charge is 0.451 e. The number of amides is 2. The zero-order chi connectivity index (χ0) is 21.0. The standard InChI is InChI=1S/C23H22N2O4/c1-23(2,3)17-11-8-16(9-12-17)21(27)25-20(26)14-29-22(28)19-13-10-15-6-4-5-7-18(15)24-19/h4-13H,14H2,1-3H3,(H,25,26,27). The topological polar surface area (TPSA) is 85.4 Å². The molecular weight excluding hydrogens is 368 g/mol. The van der Waals surface area contributed by atoms with Gasteiger partial charge in [-0.25, -0.2) is 9.78 Å². The Bertz CT molecular complexity index is 1070. The molecule has 0 aliphatic heterocycles. The second-order valence-corrected chi connectivity index (χ2v) is 7.67. The molecule has 6 nitrogen and oxygen atoms in total. The average Bonchev–Trinajstić information content (AvgIpc) is 2.71. The van der Waals surface area contributed by atoms with Crippen LogP contribution in [0.1, 0.15) is 47.2 Å². The Labute approximate surface area is 168 Å². The normalized spacial score (nSPS) is 11.1. The fraction of sp³-hybridized carbons (Fsp3) is 0.217. The summed E-state index contributed by atoms with van der Waals surface area (Å²) in [6.45, 7) is 5.65. The number of aromatic nitrogens is 1. The van der Waals surface area contributed by atoms with E-state index in [1.807, 2.05) is 30.3 Å². The van der Waals surface area contributed by atoms with Crippen molar-refractivity contribution in [2.24, 2.45) is 0 Å². The molecule has 0 aliphatic rings. The van der Waals surface area contributed by atoms with Gasteiger partial charge in [0.25, 0.3) is 11.8 Å². The van der Waals surface area contributed by atoms with Crippen LogP contribution in [0.4, 0.5) is 0 Å². The Kier molecular flexibility index (Phi) is 5.73. The van der Waals surface area contributed by atoms with Crippen LogP contribution < -0.4 is 5.32 Å². The van der Waals surface area contributed by atoms with Crippen LogP contribution in [0.15, 0.2) is 60.7 Å². The predicted molar refractivity (Wildman–Crippen MR) is 110 cm³/mol. The Morgan fingerprint density at radius 1 is 0.931 bits per heavy atom. The van der Waals surface area contributed by atoms with Crippen molar-refractivity contribution in [2.75, 3.05) is 6.61 Å². The van der Waals surface area contributed by atoms with Crippen LogP contribution in [0, 0.1) is 0 Å². The number of nitrogens with zero attached hydrogens (tertiary/aromatic N) is 1. The molecule has 2 aromatic carbocycles. The minimum absolute atomic E-state index is 0.0319. The van der Waals surface area contributed by atoms with Gasteiger partial charge in [-0.15, -0.1) is 0 Å². The Balaban J connectivity index is 1.56. The van der Waals surface area contributed by atoms with Gasteiger partial charge >= 0.3 is 5.97 Å². The van der Waals surface area contributed by atoms with Crippen molar-refractivity contribution in [3.8, 4) is 0 Å². The molecule has 3 rings (SSSR count). The number of hydrogen-bond donors (Lipinski definition) is 1. The predicted octanol–water partition coefficient (Wildman–Crippen LogP) is 3.65. The number of carbonyl (C=O) groups excluding carboxylic acids is 3. The molecule has 6 heteroatoms. The minimum atomic E-state index is -0.729. The van der Waals surface area contributed by atoms with E-state index in [-0.39, 0.29) is 11.1 Å². The number of hydrogen-bond acceptors (Lipinski definition) is 5. The van der Waals surface area contributed by atoms with Crippen molar-refractivity contribution in [3.05, 3.63) is 77.5 Å². The molecule has 1 heterocycles. The van der Waals surface area contributed by atoms with Crippen molar-refractivity contribution in [2.45, 2.75) is 26.2 Å². The lowest BCUT2D eigenvalue weighted by Gasteiger charge is -2.18. The van der Waals surface area contributed by atoms with Crippen molar-refractivity contribution < 1.29 is 19.1 Å². The molecule has 29 heavy (non-hydrogen) atoms. The number of fused-ring (bicyclic) bond motifs is 1. The average molecular weight is 390 g/mol. The lowest BCUT2D eigenvalue weighted by atomic mass is 9.87. The summed E-state index contributed by atoms with van der Waals surface area (Å²) in [6.07, 6.45) is 0. The van der Waals surface area contributed by atoms with Gasteiger partial charge in [-0.1, -0.05) is 57.2 Å². The highest BCUT2D eigenvalue weighted by atomic mass is 16.5. The summed E-state index contributed by atoms with van der Waals surface area (Å²) >= 11 is 0. The zero-order valence-corrected chi connectivity index (χ0v) is 16.6. The maximum atomic E-state index is 12.2. The van der Waals surface area contributed by atoms with Gasteiger partial charge < -0.3 is 4.74 Å². The third kappa shape index (κ3) is 5.04. The first-order valence-corrected chi connectivity index (χ1v) is 9.22. The molecule has 148 valence electrons. The summed E-state index contributed by atoms with van der Waals surface area (Å²) in [6, 6.07) is 17.7. The number of pyridine rings is 1. The van der Waals surface area contributed by atoms with Gasteiger partial charge in [0.15, 0.2) is 6.61 Å². The van der Waals surface area contributed by atoms with Crippen LogP contribution in [0.2, 0.25) is 0 Å². The highest BCUT2D eigenvalue weighted by molar-refractivity contribution is 6.05. The fourth-order valence-electron chi connectivity index (χ4n) is 2.74. The molecular formula is C23H22N2O4. The number of carbonyl (C=O) groups is 3. The Hall–Kier alpha value is -3.54. The van der Waals surface area contributed by atoms with E-state index in [2.05, 4.69) is 31.1 Å². The summed E-state index contributed by atoms with van der Waals surface area (Å²) < 4.78 is 4.97. The molecule has 0 saturated carbocycles. The SMILES string of the molecule is CC(C)(C)c1ccc(C(=O)NC(=O)COC(=O)c2ccc3ccccc3n2)cc1. The number of rotatable bonds is 4. The van der Waals surface area contributed by atoms with Crippen LogP contribution in [0.25, 0.3) is 10.9 Å². The van der Waals surface area contributed by atoms with Crippen molar-refractivity contribution in [1.29, 1.82) is 0 Å². The van der Waals surface area contributed by atoms with Crippen LogP contribution in [0.3, 0.4) is 0 Å². The van der Waals surface area contributed by atoms with E-state index in [0.717, 1.165) is 10.9 Å². The summed E-state index contributed by atoms with van der Waals surface area (Å²) in [4.78, 5) is 40.5. The van der Waals surface area contributed by atoms with E-state index in [1.165, 1.54) is 6.07 Å². The Morgan fingerprint density at radius 3 is 2.31 bits per heavy atom. The van der Waals surface area contributed by atoms with Crippen LogP contribution >= 0.6 is 0 Å². The van der Waals surface area contributed by atoms with E-state index < -0.39 is 24.4 Å². The minimum Gasteiger partial charge on any atom is -0.451 e. The van der Waals surface area contributed by atoms with Crippen molar-refractivity contribution >= 4 is 28.7 Å². The first-order chi connectivity index (χ1) is 13.7. The first-order valence-electron chi connectivity index (χ1n) is 9.22. The number of nitrogens with one attached hydrogen (secondary N) is 1. The second kappa shape index (κ2) is 8.22. The number of imide groups is 1. The van der Waals surface area contributed by atoms with Crippen molar-refractivity contribution in [1.82, 2.24) is 10.3 Å². The Morgan fingerprint density at radius 2 is 1.62 bits per heavy atom. The molecule has 0 aliphatic carbocycles. The maximum Gasteiger partial charge on any atom is 0.357 e. The molecule has 0 atom stereocenters. The summed E-state index contributed by atoms with van der Waals surface area (Å²) in [5, 5.41) is 3.11. The fourth-order valence-corrected chi connectivity index (χ4v) is 2.74. The summed E-state index contributed by atoms with van der Waals surface area (Å²) in [5.74, 6) is -1.98. The molecule has 0 unspecified atom stereocenters. The highest BCUT2D eigenvalue weighted by Gasteiger charge is 2.17. The van der Waals surface area contributed by atoms with Gasteiger partial charge in [0.1, 0.15) is 5.69 Å². The molecule has 0 spiro atoms. The van der Waals surface area contributed by atoms with E-state index in [4.69, 9.17) is 4.74 Å². The lowest BCUT2D eigenvalue weighted by molar-refractivity contribution is -0.123. The van der Waals surface area contributed by atoms with Crippen LogP contribution in [-0.2, 0) is 14.9 Å². The molecule has 3 aromatic rings. The quantitative estimate of drug-likeness (QED) is 0.688. The summed E-state index contributed by atoms with van der Waals surface area (Å²) in [7, 11) is 0. The second-order valence-electron chi connectivity index (χ2n) is 7.67. The number of esters is 1. The molecule has 1 N–H and O–H groups in total. The molecule has 0 radical (unpaired) electrons. The maximum absolute atomic E-state index is 12.2. The van der Waals surface area contributed by atoms with Gasteiger partial charge in [0.05, 0.1) is 5.52 Å². The number of para-hydroxylation sites is 1. The molecule has 0 bridgehead atoms. The number of ether oxygens (including phenoxy) is 1. The first kappa shape index (κ1) is 20.2. The molecule has 0 fully saturated rings. The van der Waals surface area contributed by atoms with Gasteiger partial charge in [-0.3, -0.25) is 14.9 Å². The third-order valence-electron chi connectivity index (χ3n) is 4.41. The van der Waals surface area contributed by atoms with Gasteiger partial charge in [-0.05, 0) is 35.2 Å². The summed E-state index contributed by atoms with van der Waals surface area (Å²) in [5.41, 5.74) is 2.16. The zero-order valence-electron chi connectivity index (χ0n) is 16.6. The van der Waals surface area contributed by atoms with E-state index in [1.54, 1.807) is 24.3 Å².